The van der Waals surface area contributed by atoms with Crippen LogP contribution in [0.5, 0.6) is 0 Å². The van der Waals surface area contributed by atoms with Crippen LogP contribution in [0, 0.1) is 0 Å². The Hall–Kier alpha value is -1.97. The van der Waals surface area contributed by atoms with E-state index in [0.29, 0.717) is 12.8 Å². The molecule has 4 heteroatoms. The van der Waals surface area contributed by atoms with E-state index in [4.69, 9.17) is 0 Å². The highest BCUT2D eigenvalue weighted by Crippen LogP contribution is 2.50. The summed E-state index contributed by atoms with van der Waals surface area (Å²) in [6, 6.07) is 1.85. The molecule has 0 aromatic carbocycles. The fourth-order valence-electron chi connectivity index (χ4n) is 2.11. The van der Waals surface area contributed by atoms with Gasteiger partial charge in [-0.3, -0.25) is 14.8 Å². The third kappa shape index (κ3) is 1.13. The Morgan fingerprint density at radius 2 is 2.06 bits per heavy atom. The van der Waals surface area contributed by atoms with Crippen LogP contribution in [0.4, 0.5) is 0 Å². The molecule has 0 unspecified atom stereocenters. The number of carboxylic acid groups (broad SMARTS) is 1. The molecule has 16 heavy (non-hydrogen) atoms. The Morgan fingerprint density at radius 3 is 2.75 bits per heavy atom. The van der Waals surface area contributed by atoms with E-state index in [0.717, 1.165) is 16.3 Å². The number of fused-ring (bicyclic) bond motifs is 1. The minimum atomic E-state index is -0.759. The zero-order chi connectivity index (χ0) is 11.2. The highest BCUT2D eigenvalue weighted by atomic mass is 16.4. The molecule has 1 saturated carbocycles. The highest BCUT2D eigenvalue weighted by molar-refractivity contribution is 5.93. The lowest BCUT2D eigenvalue weighted by molar-refractivity contribution is -0.140. The topological polar surface area (TPSA) is 63.1 Å². The predicted molar refractivity (Wildman–Crippen MR) is 58.1 cm³/mol. The molecule has 1 N–H and O–H groups in total. The van der Waals surface area contributed by atoms with E-state index in [-0.39, 0.29) is 0 Å². The summed E-state index contributed by atoms with van der Waals surface area (Å²) in [6.45, 7) is 0. The average molecular weight is 214 g/mol. The first-order valence-corrected chi connectivity index (χ1v) is 5.16. The molecule has 2 heterocycles. The quantitative estimate of drug-likeness (QED) is 0.827. The van der Waals surface area contributed by atoms with Gasteiger partial charge in [0.1, 0.15) is 0 Å². The van der Waals surface area contributed by atoms with Gasteiger partial charge in [0.05, 0.1) is 5.41 Å². The van der Waals surface area contributed by atoms with Crippen molar-refractivity contribution >= 4 is 16.7 Å². The molecular formula is C12H10N2O2. The minimum Gasteiger partial charge on any atom is -0.481 e. The molecule has 1 aliphatic carbocycles. The van der Waals surface area contributed by atoms with E-state index in [1.165, 1.54) is 0 Å². The van der Waals surface area contributed by atoms with Crippen LogP contribution in [-0.2, 0) is 10.2 Å². The van der Waals surface area contributed by atoms with Crippen LogP contribution in [0.1, 0.15) is 18.4 Å². The maximum Gasteiger partial charge on any atom is 0.314 e. The number of hydrogen-bond donors (Lipinski definition) is 1. The van der Waals surface area contributed by atoms with Crippen LogP contribution < -0.4 is 0 Å². The maximum atomic E-state index is 11.3. The molecule has 0 amide bonds. The van der Waals surface area contributed by atoms with Gasteiger partial charge in [-0.2, -0.15) is 0 Å². The third-order valence-electron chi connectivity index (χ3n) is 3.24. The largest absolute Gasteiger partial charge is 0.481 e. The number of nitrogens with zero attached hydrogens (tertiary/aromatic N) is 2. The molecule has 3 rings (SSSR count). The molecule has 4 nitrogen and oxygen atoms in total. The van der Waals surface area contributed by atoms with Crippen LogP contribution in [0.2, 0.25) is 0 Å². The molecule has 0 spiro atoms. The first-order chi connectivity index (χ1) is 7.74. The second kappa shape index (κ2) is 3.01. The number of aliphatic carboxylic acids is 1. The molecule has 2 aromatic heterocycles. The number of aromatic nitrogens is 2. The normalized spacial score (nSPS) is 17.2. The minimum absolute atomic E-state index is 0.692. The van der Waals surface area contributed by atoms with Gasteiger partial charge in [0.2, 0.25) is 0 Å². The Balaban J connectivity index is 2.29. The van der Waals surface area contributed by atoms with E-state index < -0.39 is 11.4 Å². The van der Waals surface area contributed by atoms with Gasteiger partial charge in [-0.25, -0.2) is 0 Å². The Labute approximate surface area is 92.0 Å². The van der Waals surface area contributed by atoms with Crippen molar-refractivity contribution in [2.45, 2.75) is 18.3 Å². The summed E-state index contributed by atoms with van der Waals surface area (Å²) in [5, 5.41) is 11.1. The van der Waals surface area contributed by atoms with Crippen molar-refractivity contribution < 1.29 is 9.90 Å². The molecule has 0 bridgehead atoms. The summed E-state index contributed by atoms with van der Waals surface area (Å²) in [5.74, 6) is -0.759. The summed E-state index contributed by atoms with van der Waals surface area (Å²) < 4.78 is 0. The van der Waals surface area contributed by atoms with Crippen LogP contribution in [-0.4, -0.2) is 21.0 Å². The van der Waals surface area contributed by atoms with Crippen molar-refractivity contribution in [3.8, 4) is 0 Å². The first kappa shape index (κ1) is 9.27. The van der Waals surface area contributed by atoms with Crippen molar-refractivity contribution in [1.82, 2.24) is 9.97 Å². The van der Waals surface area contributed by atoms with Crippen molar-refractivity contribution in [2.75, 3.05) is 0 Å². The van der Waals surface area contributed by atoms with Gasteiger partial charge in [0, 0.05) is 35.6 Å². The lowest BCUT2D eigenvalue weighted by Gasteiger charge is -2.12. The van der Waals surface area contributed by atoms with Crippen molar-refractivity contribution in [2.24, 2.45) is 0 Å². The van der Waals surface area contributed by atoms with Gasteiger partial charge < -0.3 is 5.11 Å². The highest BCUT2D eigenvalue weighted by Gasteiger charge is 2.52. The van der Waals surface area contributed by atoms with E-state index >= 15 is 0 Å². The number of rotatable bonds is 2. The number of carboxylic acids is 1. The van der Waals surface area contributed by atoms with Gasteiger partial charge in [-0.15, -0.1) is 0 Å². The SMILES string of the molecule is O=C(O)C1(c2cncc3ccncc23)CC1. The summed E-state index contributed by atoms with van der Waals surface area (Å²) in [7, 11) is 0. The zero-order valence-corrected chi connectivity index (χ0v) is 8.55. The fraction of sp³-hybridized carbons (Fsp3) is 0.250. The fourth-order valence-corrected chi connectivity index (χ4v) is 2.11. The molecule has 2 aromatic rings. The van der Waals surface area contributed by atoms with E-state index in [1.54, 1.807) is 24.8 Å². The lowest BCUT2D eigenvalue weighted by atomic mass is 9.94. The molecule has 0 radical (unpaired) electrons. The van der Waals surface area contributed by atoms with E-state index in [9.17, 15) is 9.90 Å². The average Bonchev–Trinajstić information content (AvgIpc) is 3.09. The van der Waals surface area contributed by atoms with Crippen molar-refractivity contribution in [3.05, 3.63) is 36.4 Å². The van der Waals surface area contributed by atoms with Crippen molar-refractivity contribution in [1.29, 1.82) is 0 Å². The van der Waals surface area contributed by atoms with Gasteiger partial charge in [0.15, 0.2) is 0 Å². The molecular weight excluding hydrogens is 204 g/mol. The van der Waals surface area contributed by atoms with E-state index in [2.05, 4.69) is 9.97 Å². The van der Waals surface area contributed by atoms with Gasteiger partial charge in [-0.1, -0.05) is 0 Å². The van der Waals surface area contributed by atoms with Gasteiger partial charge >= 0.3 is 5.97 Å². The Kier molecular flexibility index (Phi) is 1.74. The molecule has 1 aliphatic rings. The van der Waals surface area contributed by atoms with Crippen LogP contribution in [0.25, 0.3) is 10.8 Å². The van der Waals surface area contributed by atoms with Crippen LogP contribution in [0.15, 0.2) is 30.9 Å². The number of hydrogen-bond acceptors (Lipinski definition) is 3. The maximum absolute atomic E-state index is 11.3. The van der Waals surface area contributed by atoms with Crippen molar-refractivity contribution in [3.63, 3.8) is 0 Å². The van der Waals surface area contributed by atoms with Gasteiger partial charge in [-0.05, 0) is 24.5 Å². The monoisotopic (exact) mass is 214 g/mol. The molecule has 1 fully saturated rings. The van der Waals surface area contributed by atoms with Gasteiger partial charge in [0.25, 0.3) is 0 Å². The summed E-state index contributed by atoms with van der Waals surface area (Å²) in [6.07, 6.45) is 8.18. The third-order valence-corrected chi connectivity index (χ3v) is 3.24. The summed E-state index contributed by atoms with van der Waals surface area (Å²) in [5.41, 5.74) is 0.0841. The molecule has 0 saturated heterocycles. The van der Waals surface area contributed by atoms with E-state index in [1.807, 2.05) is 6.07 Å². The Bertz CT molecular complexity index is 571. The number of pyridine rings is 2. The zero-order valence-electron chi connectivity index (χ0n) is 8.55. The second-order valence-corrected chi connectivity index (χ2v) is 4.17. The number of carbonyl (C=O) groups is 1. The first-order valence-electron chi connectivity index (χ1n) is 5.16. The molecule has 0 aliphatic heterocycles. The Morgan fingerprint density at radius 1 is 1.25 bits per heavy atom. The second-order valence-electron chi connectivity index (χ2n) is 4.17. The molecule has 80 valence electrons. The lowest BCUT2D eigenvalue weighted by Crippen LogP contribution is -2.20. The predicted octanol–water partition coefficient (Wildman–Crippen LogP) is 1.75. The van der Waals surface area contributed by atoms with Crippen LogP contribution in [0.3, 0.4) is 0 Å². The standard InChI is InChI=1S/C12H10N2O2/c15-11(16)12(2-3-12)10-7-14-5-8-1-4-13-6-9(8)10/h1,4-7H,2-3H2,(H,15,16). The smallest absolute Gasteiger partial charge is 0.314 e. The van der Waals surface area contributed by atoms with Crippen LogP contribution >= 0.6 is 0 Å². The summed E-state index contributed by atoms with van der Waals surface area (Å²) in [4.78, 5) is 19.4. The molecule has 0 atom stereocenters. The summed E-state index contributed by atoms with van der Waals surface area (Å²) >= 11 is 0.